The van der Waals surface area contributed by atoms with Gasteiger partial charge >= 0.3 is 0 Å². The van der Waals surface area contributed by atoms with Crippen molar-refractivity contribution in [3.8, 4) is 5.75 Å². The number of likely N-dealkylation sites (N-methyl/N-ethyl adjacent to an activating group) is 1. The van der Waals surface area contributed by atoms with Crippen molar-refractivity contribution in [2.75, 3.05) is 20.1 Å². The number of benzene rings is 1. The van der Waals surface area contributed by atoms with Crippen LogP contribution in [0.15, 0.2) is 24.3 Å². The summed E-state index contributed by atoms with van der Waals surface area (Å²) in [6.45, 7) is 4.53. The van der Waals surface area contributed by atoms with E-state index < -0.39 is 0 Å². The van der Waals surface area contributed by atoms with Gasteiger partial charge < -0.3 is 15.0 Å². The fourth-order valence-electron chi connectivity index (χ4n) is 2.08. The van der Waals surface area contributed by atoms with Crippen LogP contribution in [0.4, 0.5) is 0 Å². The number of ether oxygens (including phenoxy) is 1. The van der Waals surface area contributed by atoms with Crippen molar-refractivity contribution in [3.63, 3.8) is 0 Å². The van der Waals surface area contributed by atoms with E-state index in [1.165, 1.54) is 0 Å². The van der Waals surface area contributed by atoms with Gasteiger partial charge in [-0.2, -0.15) is 0 Å². The lowest BCUT2D eigenvalue weighted by molar-refractivity contribution is -0.132. The molecule has 1 aliphatic heterocycles. The highest BCUT2D eigenvalue weighted by atomic mass is 16.5. The molecular weight excluding hydrogens is 228 g/mol. The third-order valence-corrected chi connectivity index (χ3v) is 3.19. The average Bonchev–Trinajstić information content (AvgIpc) is 2.70. The highest BCUT2D eigenvalue weighted by Crippen LogP contribution is 2.22. The van der Waals surface area contributed by atoms with Crippen LogP contribution in [0.1, 0.15) is 18.9 Å². The standard InChI is InChI=1S/C14H20N2O2/c1-3-15-10-11-6-4-5-7-12(11)18-13-8-9-16(2)14(13)17/h4-7,13,15H,3,8-10H2,1-2H3. The monoisotopic (exact) mass is 248 g/mol. The van der Waals surface area contributed by atoms with Crippen LogP contribution in [0.2, 0.25) is 0 Å². The minimum Gasteiger partial charge on any atom is -0.480 e. The molecule has 1 aromatic carbocycles. The molecular formula is C14H20N2O2. The molecule has 1 atom stereocenters. The van der Waals surface area contributed by atoms with Crippen molar-refractivity contribution >= 4 is 5.91 Å². The summed E-state index contributed by atoms with van der Waals surface area (Å²) in [4.78, 5) is 13.5. The third kappa shape index (κ3) is 2.82. The first kappa shape index (κ1) is 12.9. The molecule has 2 rings (SSSR count). The molecule has 18 heavy (non-hydrogen) atoms. The Morgan fingerprint density at radius 2 is 2.22 bits per heavy atom. The zero-order chi connectivity index (χ0) is 13.0. The maximum absolute atomic E-state index is 11.8. The largest absolute Gasteiger partial charge is 0.480 e. The summed E-state index contributed by atoms with van der Waals surface area (Å²) >= 11 is 0. The lowest BCUT2D eigenvalue weighted by Gasteiger charge is -2.16. The number of rotatable bonds is 5. The van der Waals surface area contributed by atoms with Crippen molar-refractivity contribution in [2.45, 2.75) is 26.0 Å². The van der Waals surface area contributed by atoms with E-state index in [1.807, 2.05) is 31.3 Å². The fourth-order valence-corrected chi connectivity index (χ4v) is 2.08. The van der Waals surface area contributed by atoms with Gasteiger partial charge in [-0.15, -0.1) is 0 Å². The fraction of sp³-hybridized carbons (Fsp3) is 0.500. The Hall–Kier alpha value is -1.55. The van der Waals surface area contributed by atoms with Gasteiger partial charge in [-0.3, -0.25) is 4.79 Å². The van der Waals surface area contributed by atoms with Crippen LogP contribution in [-0.4, -0.2) is 37.0 Å². The van der Waals surface area contributed by atoms with Crippen LogP contribution in [-0.2, 0) is 11.3 Å². The van der Waals surface area contributed by atoms with Crippen LogP contribution in [0.3, 0.4) is 0 Å². The van der Waals surface area contributed by atoms with Gasteiger partial charge in [0.2, 0.25) is 0 Å². The Morgan fingerprint density at radius 3 is 2.89 bits per heavy atom. The predicted molar refractivity (Wildman–Crippen MR) is 70.5 cm³/mol. The number of hydrogen-bond acceptors (Lipinski definition) is 3. The number of carbonyl (C=O) groups is 1. The Balaban J connectivity index is 2.06. The van der Waals surface area contributed by atoms with Gasteiger partial charge in [0.05, 0.1) is 0 Å². The molecule has 1 N–H and O–H groups in total. The Bertz CT molecular complexity index is 420. The molecule has 0 saturated carbocycles. The second-order valence-corrected chi connectivity index (χ2v) is 4.54. The highest BCUT2D eigenvalue weighted by Gasteiger charge is 2.31. The molecule has 1 saturated heterocycles. The highest BCUT2D eigenvalue weighted by molar-refractivity contribution is 5.83. The summed E-state index contributed by atoms with van der Waals surface area (Å²) in [5, 5.41) is 3.27. The maximum Gasteiger partial charge on any atom is 0.263 e. The van der Waals surface area contributed by atoms with Gasteiger partial charge in [-0.05, 0) is 12.6 Å². The molecule has 0 spiro atoms. The van der Waals surface area contributed by atoms with Gasteiger partial charge in [0.15, 0.2) is 6.10 Å². The second kappa shape index (κ2) is 5.87. The molecule has 4 nitrogen and oxygen atoms in total. The molecule has 0 aliphatic carbocycles. The number of hydrogen-bond donors (Lipinski definition) is 1. The number of amides is 1. The summed E-state index contributed by atoms with van der Waals surface area (Å²) in [5.74, 6) is 0.889. The van der Waals surface area contributed by atoms with Crippen LogP contribution >= 0.6 is 0 Å². The molecule has 98 valence electrons. The second-order valence-electron chi connectivity index (χ2n) is 4.54. The smallest absolute Gasteiger partial charge is 0.263 e. The van der Waals surface area contributed by atoms with Crippen LogP contribution < -0.4 is 10.1 Å². The van der Waals surface area contributed by atoms with Crippen molar-refractivity contribution in [2.24, 2.45) is 0 Å². The Morgan fingerprint density at radius 1 is 1.44 bits per heavy atom. The molecule has 1 fully saturated rings. The SMILES string of the molecule is CCNCc1ccccc1OC1CCN(C)C1=O. The number of para-hydroxylation sites is 1. The van der Waals surface area contributed by atoms with E-state index in [0.29, 0.717) is 0 Å². The van der Waals surface area contributed by atoms with Crippen molar-refractivity contribution < 1.29 is 9.53 Å². The lowest BCUT2D eigenvalue weighted by Crippen LogP contribution is -2.29. The van der Waals surface area contributed by atoms with Crippen molar-refractivity contribution in [1.82, 2.24) is 10.2 Å². The predicted octanol–water partition coefficient (Wildman–Crippen LogP) is 1.41. The van der Waals surface area contributed by atoms with E-state index in [4.69, 9.17) is 4.74 Å². The maximum atomic E-state index is 11.8. The molecule has 0 bridgehead atoms. The zero-order valence-corrected chi connectivity index (χ0v) is 11.0. The average molecular weight is 248 g/mol. The number of likely N-dealkylation sites (tertiary alicyclic amines) is 1. The summed E-state index contributed by atoms with van der Waals surface area (Å²) in [6.07, 6.45) is 0.447. The summed E-state index contributed by atoms with van der Waals surface area (Å²) in [6, 6.07) is 7.88. The van der Waals surface area contributed by atoms with E-state index in [0.717, 1.165) is 37.4 Å². The normalized spacial score (nSPS) is 19.3. The molecule has 1 aromatic rings. The topological polar surface area (TPSA) is 41.6 Å². The molecule has 1 aliphatic rings. The van der Waals surface area contributed by atoms with Gasteiger partial charge in [-0.25, -0.2) is 0 Å². The third-order valence-electron chi connectivity index (χ3n) is 3.19. The van der Waals surface area contributed by atoms with Crippen LogP contribution in [0, 0.1) is 0 Å². The number of nitrogens with zero attached hydrogens (tertiary/aromatic N) is 1. The first-order chi connectivity index (χ1) is 8.72. The van der Waals surface area contributed by atoms with Crippen molar-refractivity contribution in [3.05, 3.63) is 29.8 Å². The molecule has 1 heterocycles. The zero-order valence-electron chi connectivity index (χ0n) is 11.0. The van der Waals surface area contributed by atoms with Crippen LogP contribution in [0.25, 0.3) is 0 Å². The van der Waals surface area contributed by atoms with E-state index in [2.05, 4.69) is 12.2 Å². The van der Waals surface area contributed by atoms with Crippen molar-refractivity contribution in [1.29, 1.82) is 0 Å². The summed E-state index contributed by atoms with van der Waals surface area (Å²) in [5.41, 5.74) is 1.10. The first-order valence-corrected chi connectivity index (χ1v) is 6.42. The van der Waals surface area contributed by atoms with Crippen LogP contribution in [0.5, 0.6) is 5.75 Å². The van der Waals surface area contributed by atoms with E-state index >= 15 is 0 Å². The number of carbonyl (C=O) groups excluding carboxylic acids is 1. The number of nitrogens with one attached hydrogen (secondary N) is 1. The van der Waals surface area contributed by atoms with E-state index in [1.54, 1.807) is 4.90 Å². The minimum atomic E-state index is -0.322. The Labute approximate surface area is 108 Å². The van der Waals surface area contributed by atoms with Gasteiger partial charge in [0.25, 0.3) is 5.91 Å². The van der Waals surface area contributed by atoms with E-state index in [9.17, 15) is 4.79 Å². The quantitative estimate of drug-likeness (QED) is 0.856. The molecule has 1 amide bonds. The first-order valence-electron chi connectivity index (χ1n) is 6.42. The summed E-state index contributed by atoms with van der Waals surface area (Å²) < 4.78 is 5.85. The van der Waals surface area contributed by atoms with Gasteiger partial charge in [0, 0.05) is 32.1 Å². The minimum absolute atomic E-state index is 0.0771. The van der Waals surface area contributed by atoms with Gasteiger partial charge in [-0.1, -0.05) is 25.1 Å². The van der Waals surface area contributed by atoms with E-state index in [-0.39, 0.29) is 12.0 Å². The molecule has 4 heteroatoms. The molecule has 0 aromatic heterocycles. The lowest BCUT2D eigenvalue weighted by atomic mass is 10.2. The Kier molecular flexibility index (Phi) is 4.20. The molecule has 1 unspecified atom stereocenters. The summed E-state index contributed by atoms with van der Waals surface area (Å²) in [7, 11) is 1.82. The molecule has 0 radical (unpaired) electrons. The van der Waals surface area contributed by atoms with Gasteiger partial charge in [0.1, 0.15) is 5.75 Å².